The number of hydrogen-bond acceptors (Lipinski definition) is 2. The second-order valence-corrected chi connectivity index (χ2v) is 7.16. The highest BCUT2D eigenvalue weighted by atomic mass is 19.1. The van der Waals surface area contributed by atoms with Crippen LogP contribution in [-0.4, -0.2) is 29.9 Å². The van der Waals surface area contributed by atoms with Crippen LogP contribution in [0, 0.1) is 29.3 Å². The highest BCUT2D eigenvalue weighted by Crippen LogP contribution is 2.27. The van der Waals surface area contributed by atoms with Crippen LogP contribution in [0.1, 0.15) is 19.8 Å². The maximum atomic E-state index is 13.7. The lowest BCUT2D eigenvalue weighted by atomic mass is 9.85. The van der Waals surface area contributed by atoms with E-state index in [0.29, 0.717) is 31.6 Å². The van der Waals surface area contributed by atoms with Crippen molar-refractivity contribution < 1.29 is 22.8 Å². The molecule has 1 aliphatic heterocycles. The molecule has 3 amide bonds. The molecule has 1 fully saturated rings. The van der Waals surface area contributed by atoms with Gasteiger partial charge in [0.2, 0.25) is 5.91 Å². The van der Waals surface area contributed by atoms with Gasteiger partial charge in [-0.25, -0.2) is 18.0 Å². The number of amides is 3. The Morgan fingerprint density at radius 2 is 1.59 bits per heavy atom. The van der Waals surface area contributed by atoms with Gasteiger partial charge in [-0.15, -0.1) is 0 Å². The van der Waals surface area contributed by atoms with Gasteiger partial charge >= 0.3 is 6.03 Å². The summed E-state index contributed by atoms with van der Waals surface area (Å²) < 4.78 is 39.7. The molecule has 0 spiro atoms. The van der Waals surface area contributed by atoms with E-state index in [-0.39, 0.29) is 35.3 Å². The van der Waals surface area contributed by atoms with Gasteiger partial charge in [-0.1, -0.05) is 6.92 Å². The predicted octanol–water partition coefficient (Wildman–Crippen LogP) is 4.62. The Labute approximate surface area is 166 Å². The zero-order valence-electron chi connectivity index (χ0n) is 15.9. The van der Waals surface area contributed by atoms with E-state index in [4.69, 9.17) is 0 Å². The molecule has 3 rings (SSSR count). The first-order valence-corrected chi connectivity index (χ1v) is 9.41. The van der Waals surface area contributed by atoms with Crippen molar-refractivity contribution in [3.05, 3.63) is 59.9 Å². The predicted molar refractivity (Wildman–Crippen MR) is 104 cm³/mol. The van der Waals surface area contributed by atoms with Crippen LogP contribution in [0.15, 0.2) is 42.5 Å². The molecule has 0 saturated carbocycles. The molecule has 1 aliphatic rings. The molecular formula is C21H22F3N3O2. The average Bonchev–Trinajstić information content (AvgIpc) is 2.71. The lowest BCUT2D eigenvalue weighted by molar-refractivity contribution is -0.121. The van der Waals surface area contributed by atoms with Crippen LogP contribution in [0.5, 0.6) is 0 Å². The van der Waals surface area contributed by atoms with Crippen LogP contribution in [0.4, 0.5) is 29.3 Å². The molecule has 2 N–H and O–H groups in total. The van der Waals surface area contributed by atoms with Crippen molar-refractivity contribution in [2.45, 2.75) is 19.8 Å². The molecule has 0 aliphatic carbocycles. The molecule has 154 valence electrons. The summed E-state index contributed by atoms with van der Waals surface area (Å²) in [5.74, 6) is -2.60. The minimum atomic E-state index is -0.821. The van der Waals surface area contributed by atoms with Gasteiger partial charge < -0.3 is 15.5 Å². The Balaban J connectivity index is 1.50. The number of nitrogens with zero attached hydrogens (tertiary/aromatic N) is 1. The molecule has 0 bridgehead atoms. The van der Waals surface area contributed by atoms with Crippen molar-refractivity contribution in [3.63, 3.8) is 0 Å². The number of likely N-dealkylation sites (tertiary alicyclic amines) is 1. The van der Waals surface area contributed by atoms with Gasteiger partial charge in [0.1, 0.15) is 17.5 Å². The van der Waals surface area contributed by atoms with Gasteiger partial charge in [0.25, 0.3) is 0 Å². The zero-order chi connectivity index (χ0) is 21.0. The first kappa shape index (κ1) is 20.7. The van der Waals surface area contributed by atoms with E-state index in [2.05, 4.69) is 10.6 Å². The van der Waals surface area contributed by atoms with E-state index in [1.54, 1.807) is 11.8 Å². The largest absolute Gasteiger partial charge is 0.325 e. The van der Waals surface area contributed by atoms with Crippen molar-refractivity contribution in [1.82, 2.24) is 4.90 Å². The summed E-state index contributed by atoms with van der Waals surface area (Å²) in [6.07, 6.45) is 1.24. The molecule has 1 heterocycles. The topological polar surface area (TPSA) is 61.4 Å². The fraction of sp³-hybridized carbons (Fsp3) is 0.333. The number of benzene rings is 2. The first-order valence-electron chi connectivity index (χ1n) is 9.41. The van der Waals surface area contributed by atoms with Crippen LogP contribution in [0.3, 0.4) is 0 Å². The lowest BCUT2D eigenvalue weighted by Crippen LogP contribution is -2.43. The van der Waals surface area contributed by atoms with Crippen molar-refractivity contribution in [2.24, 2.45) is 11.8 Å². The zero-order valence-corrected chi connectivity index (χ0v) is 15.9. The van der Waals surface area contributed by atoms with Gasteiger partial charge in [0.15, 0.2) is 0 Å². The summed E-state index contributed by atoms with van der Waals surface area (Å²) in [7, 11) is 0. The van der Waals surface area contributed by atoms with E-state index >= 15 is 0 Å². The smallest absolute Gasteiger partial charge is 0.321 e. The van der Waals surface area contributed by atoms with Gasteiger partial charge in [0, 0.05) is 30.8 Å². The summed E-state index contributed by atoms with van der Waals surface area (Å²) in [4.78, 5) is 26.4. The third-order valence-corrected chi connectivity index (χ3v) is 5.23. The Hall–Kier alpha value is -3.03. The molecule has 1 atom stereocenters. The SMILES string of the molecule is C[C@H](C(=O)Nc1ccc(F)cc1F)C1CCN(C(=O)Nc2ccc(F)cc2)CC1. The van der Waals surface area contributed by atoms with Crippen molar-refractivity contribution in [2.75, 3.05) is 23.7 Å². The minimum Gasteiger partial charge on any atom is -0.325 e. The van der Waals surface area contributed by atoms with Gasteiger partial charge in [-0.05, 0) is 55.2 Å². The molecule has 1 saturated heterocycles. The van der Waals surface area contributed by atoms with Crippen molar-refractivity contribution in [3.8, 4) is 0 Å². The van der Waals surface area contributed by atoms with Crippen molar-refractivity contribution >= 4 is 23.3 Å². The maximum absolute atomic E-state index is 13.7. The normalized spacial score (nSPS) is 15.7. The first-order chi connectivity index (χ1) is 13.8. The molecule has 8 heteroatoms. The number of hydrogen-bond donors (Lipinski definition) is 2. The summed E-state index contributed by atoms with van der Waals surface area (Å²) in [5.41, 5.74) is 0.451. The van der Waals surface area contributed by atoms with Gasteiger partial charge in [0.05, 0.1) is 5.69 Å². The average molecular weight is 405 g/mol. The van der Waals surface area contributed by atoms with E-state index in [9.17, 15) is 22.8 Å². The van der Waals surface area contributed by atoms with E-state index in [1.165, 1.54) is 30.3 Å². The molecular weight excluding hydrogens is 383 g/mol. The van der Waals surface area contributed by atoms with Crippen molar-refractivity contribution in [1.29, 1.82) is 0 Å². The fourth-order valence-electron chi connectivity index (χ4n) is 3.39. The molecule has 29 heavy (non-hydrogen) atoms. The lowest BCUT2D eigenvalue weighted by Gasteiger charge is -2.34. The third kappa shape index (κ3) is 5.28. The fourth-order valence-corrected chi connectivity index (χ4v) is 3.39. The van der Waals surface area contributed by atoms with Crippen LogP contribution >= 0.6 is 0 Å². The monoisotopic (exact) mass is 405 g/mol. The quantitative estimate of drug-likeness (QED) is 0.780. The maximum Gasteiger partial charge on any atom is 0.321 e. The summed E-state index contributed by atoms with van der Waals surface area (Å²) in [5, 5.41) is 5.22. The number of halogens is 3. The molecule has 2 aromatic rings. The number of anilines is 2. The second-order valence-electron chi connectivity index (χ2n) is 7.16. The van der Waals surface area contributed by atoms with Gasteiger partial charge in [-0.2, -0.15) is 0 Å². The third-order valence-electron chi connectivity index (χ3n) is 5.23. The number of rotatable bonds is 4. The summed E-state index contributed by atoms with van der Waals surface area (Å²) in [6, 6.07) is 8.23. The van der Waals surface area contributed by atoms with E-state index in [0.717, 1.165) is 12.1 Å². The Morgan fingerprint density at radius 1 is 0.966 bits per heavy atom. The number of nitrogens with one attached hydrogen (secondary N) is 2. The number of carbonyl (C=O) groups is 2. The minimum absolute atomic E-state index is 0.0355. The highest BCUT2D eigenvalue weighted by Gasteiger charge is 2.30. The standard InChI is InChI=1S/C21H22F3N3O2/c1-13(20(28)26-19-7-4-16(23)12-18(19)24)14-8-10-27(11-9-14)21(29)25-17-5-2-15(22)3-6-17/h2-7,12-14H,8-11H2,1H3,(H,25,29)(H,26,28)/t13-/m0/s1. The molecule has 2 aromatic carbocycles. The van der Waals surface area contributed by atoms with Crippen LogP contribution < -0.4 is 10.6 Å². The van der Waals surface area contributed by atoms with Crippen LogP contribution in [0.2, 0.25) is 0 Å². The van der Waals surface area contributed by atoms with E-state index in [1.807, 2.05) is 0 Å². The Morgan fingerprint density at radius 3 is 2.21 bits per heavy atom. The molecule has 5 nitrogen and oxygen atoms in total. The highest BCUT2D eigenvalue weighted by molar-refractivity contribution is 5.92. The molecule has 0 unspecified atom stereocenters. The van der Waals surface area contributed by atoms with Crippen LogP contribution in [0.25, 0.3) is 0 Å². The number of carbonyl (C=O) groups excluding carboxylic acids is 2. The van der Waals surface area contributed by atoms with Gasteiger partial charge in [-0.3, -0.25) is 4.79 Å². The summed E-state index contributed by atoms with van der Waals surface area (Å²) in [6.45, 7) is 2.70. The van der Waals surface area contributed by atoms with Crippen LogP contribution in [-0.2, 0) is 4.79 Å². The second kappa shape index (κ2) is 8.98. The molecule has 0 radical (unpaired) electrons. The Bertz CT molecular complexity index is 881. The summed E-state index contributed by atoms with van der Waals surface area (Å²) >= 11 is 0. The number of piperidine rings is 1. The molecule has 0 aromatic heterocycles. The number of urea groups is 1. The van der Waals surface area contributed by atoms with E-state index < -0.39 is 11.6 Å². The Kier molecular flexibility index (Phi) is 6.41.